The van der Waals surface area contributed by atoms with Gasteiger partial charge in [-0.15, -0.1) is 0 Å². The van der Waals surface area contributed by atoms with Crippen LogP contribution in [0.4, 0.5) is 0 Å². The summed E-state index contributed by atoms with van der Waals surface area (Å²) in [5.74, 6) is 0. The maximum atomic E-state index is 11.2. The number of aliphatic hydroxyl groups excluding tert-OH is 1. The summed E-state index contributed by atoms with van der Waals surface area (Å²) >= 11 is 0. The molecule has 0 aliphatic heterocycles. The van der Waals surface area contributed by atoms with Crippen LogP contribution in [0.1, 0.15) is 142 Å². The molecule has 0 spiro atoms. The number of aliphatic hydroxyl groups is 1. The van der Waals surface area contributed by atoms with E-state index in [0.29, 0.717) is 12.8 Å². The van der Waals surface area contributed by atoms with Gasteiger partial charge in [0.2, 0.25) is 0 Å². The molecule has 0 saturated carbocycles. The Bertz CT molecular complexity index is 442. The van der Waals surface area contributed by atoms with Gasteiger partial charge in [-0.1, -0.05) is 117 Å². The van der Waals surface area contributed by atoms with Crippen LogP contribution >= 0.6 is 0 Å². The fourth-order valence-corrected chi connectivity index (χ4v) is 5.03. The van der Waals surface area contributed by atoms with Gasteiger partial charge in [0.25, 0.3) is 0 Å². The molecule has 0 rings (SSSR count). The Morgan fingerprint density at radius 1 is 0.600 bits per heavy atom. The van der Waals surface area contributed by atoms with Gasteiger partial charge in [0, 0.05) is 5.25 Å². The van der Waals surface area contributed by atoms with Gasteiger partial charge in [-0.25, -0.2) is 8.42 Å². The van der Waals surface area contributed by atoms with E-state index < -0.39 is 15.4 Å². The van der Waals surface area contributed by atoms with Crippen LogP contribution in [0.15, 0.2) is 0 Å². The molecule has 176 valence electrons. The molecule has 0 amide bonds. The third-order valence-corrected chi connectivity index (χ3v) is 7.26. The first kappa shape index (κ1) is 33.7. The summed E-state index contributed by atoms with van der Waals surface area (Å²) in [7, 11) is -4.12. The zero-order valence-electron chi connectivity index (χ0n) is 20.4. The molecule has 2 atom stereocenters. The van der Waals surface area contributed by atoms with E-state index >= 15 is 0 Å². The Hall–Kier alpha value is 1.51. The van der Waals surface area contributed by atoms with Crippen LogP contribution in [0, 0.1) is 0 Å². The summed E-state index contributed by atoms with van der Waals surface area (Å²) in [4.78, 5) is 0. The Kier molecular flexibility index (Phi) is 26.6. The molecule has 0 fully saturated rings. The smallest absolute Gasteiger partial charge is 0.748 e. The van der Waals surface area contributed by atoms with Crippen molar-refractivity contribution in [1.82, 2.24) is 0 Å². The number of hydrogen-bond acceptors (Lipinski definition) is 4. The molecular weight excluding hydrogens is 423 g/mol. The predicted octanol–water partition coefficient (Wildman–Crippen LogP) is 4.11. The molecule has 0 aliphatic rings. The van der Waals surface area contributed by atoms with Gasteiger partial charge in [-0.3, -0.25) is 0 Å². The average Bonchev–Trinajstić information content (AvgIpc) is 2.67. The largest absolute Gasteiger partial charge is 1.00 e. The van der Waals surface area contributed by atoms with Gasteiger partial charge >= 0.3 is 51.4 Å². The normalized spacial score (nSPS) is 13.7. The van der Waals surface area contributed by atoms with Gasteiger partial charge in [-0.2, -0.15) is 0 Å². The van der Waals surface area contributed by atoms with E-state index in [0.717, 1.165) is 44.9 Å². The van der Waals surface area contributed by atoms with Crippen molar-refractivity contribution in [3.8, 4) is 0 Å². The summed E-state index contributed by atoms with van der Waals surface area (Å²) in [6.45, 7) is 4.16. The molecule has 0 saturated heterocycles. The fraction of sp³-hybridized carbons (Fsp3) is 1.00. The maximum Gasteiger partial charge on any atom is 1.00 e. The average molecular weight is 473 g/mol. The maximum absolute atomic E-state index is 11.2. The van der Waals surface area contributed by atoms with Gasteiger partial charge in [-0.05, 0) is 25.7 Å². The van der Waals surface area contributed by atoms with Gasteiger partial charge in [0.15, 0.2) is 0 Å². The van der Waals surface area contributed by atoms with Crippen LogP contribution in [-0.2, 0) is 10.1 Å². The molecule has 0 aromatic carbocycles. The molecular formula is C24H49KO4S. The first-order valence-electron chi connectivity index (χ1n) is 12.5. The number of hydrogen-bond donors (Lipinski definition) is 1. The Balaban J connectivity index is 0. The standard InChI is InChI=1S/C24H50O4S.K/c1-3-5-6-13-16-20-23(25)21-17-14-11-9-7-8-10-12-15-18-22-24(19-4-2)29(26,27)28;/h23-25H,3-22H2,1-2H3,(H,26,27,28);/q;+1/p-1. The summed E-state index contributed by atoms with van der Waals surface area (Å²) in [5.41, 5.74) is 0. The van der Waals surface area contributed by atoms with Crippen LogP contribution in [0.25, 0.3) is 0 Å². The number of rotatable bonds is 22. The van der Waals surface area contributed by atoms with Crippen LogP contribution in [0.3, 0.4) is 0 Å². The molecule has 1 N–H and O–H groups in total. The summed E-state index contributed by atoms with van der Waals surface area (Å²) < 4.78 is 33.5. The predicted molar refractivity (Wildman–Crippen MR) is 123 cm³/mol. The Morgan fingerprint density at radius 2 is 0.967 bits per heavy atom. The van der Waals surface area contributed by atoms with E-state index in [-0.39, 0.29) is 57.5 Å². The zero-order chi connectivity index (χ0) is 21.8. The molecule has 0 aliphatic carbocycles. The van der Waals surface area contributed by atoms with E-state index in [9.17, 15) is 18.1 Å². The van der Waals surface area contributed by atoms with Crippen molar-refractivity contribution in [3.63, 3.8) is 0 Å². The van der Waals surface area contributed by atoms with Crippen LogP contribution in [0.5, 0.6) is 0 Å². The SMILES string of the molecule is CCCCCCCC(O)CCCCCCCCCCCCC(CCC)S(=O)(=O)[O-].[K+]. The third kappa shape index (κ3) is 22.7. The molecule has 0 aromatic rings. The first-order valence-corrected chi connectivity index (χ1v) is 14.0. The molecule has 0 radical (unpaired) electrons. The molecule has 30 heavy (non-hydrogen) atoms. The van der Waals surface area contributed by atoms with Crippen LogP contribution < -0.4 is 51.4 Å². The fourth-order valence-electron chi connectivity index (χ4n) is 4.05. The van der Waals surface area contributed by atoms with Crippen molar-refractivity contribution in [2.45, 2.75) is 154 Å². The Labute approximate surface area is 230 Å². The molecule has 2 unspecified atom stereocenters. The molecule has 0 heterocycles. The van der Waals surface area contributed by atoms with Crippen LogP contribution in [0.2, 0.25) is 0 Å². The van der Waals surface area contributed by atoms with E-state index in [4.69, 9.17) is 0 Å². The minimum Gasteiger partial charge on any atom is -0.748 e. The quantitative estimate of drug-likeness (QED) is 0.146. The van der Waals surface area contributed by atoms with Gasteiger partial charge < -0.3 is 9.66 Å². The minimum atomic E-state index is -4.12. The second-order valence-corrected chi connectivity index (χ2v) is 10.5. The van der Waals surface area contributed by atoms with Gasteiger partial charge in [0.05, 0.1) is 16.2 Å². The molecule has 0 aromatic heterocycles. The molecule has 0 bridgehead atoms. The minimum absolute atomic E-state index is 0. The van der Waals surface area contributed by atoms with Gasteiger partial charge in [0.1, 0.15) is 0 Å². The first-order chi connectivity index (χ1) is 13.9. The van der Waals surface area contributed by atoms with Crippen molar-refractivity contribution >= 4 is 10.1 Å². The molecule has 6 heteroatoms. The van der Waals surface area contributed by atoms with Crippen molar-refractivity contribution in [2.75, 3.05) is 0 Å². The monoisotopic (exact) mass is 472 g/mol. The second kappa shape index (κ2) is 23.7. The van der Waals surface area contributed by atoms with Crippen molar-refractivity contribution in [3.05, 3.63) is 0 Å². The van der Waals surface area contributed by atoms with Crippen molar-refractivity contribution < 1.29 is 69.5 Å². The summed E-state index contributed by atoms with van der Waals surface area (Å²) in [5, 5.41) is 9.33. The topological polar surface area (TPSA) is 77.4 Å². The Morgan fingerprint density at radius 3 is 1.33 bits per heavy atom. The van der Waals surface area contributed by atoms with E-state index in [1.165, 1.54) is 70.6 Å². The third-order valence-electron chi connectivity index (χ3n) is 5.97. The van der Waals surface area contributed by atoms with Crippen molar-refractivity contribution in [2.24, 2.45) is 0 Å². The summed E-state index contributed by atoms with van der Waals surface area (Å²) in [6, 6.07) is 0. The van der Waals surface area contributed by atoms with E-state index in [1.807, 2.05) is 6.92 Å². The zero-order valence-corrected chi connectivity index (χ0v) is 24.3. The second-order valence-electron chi connectivity index (χ2n) is 8.87. The van der Waals surface area contributed by atoms with Crippen LogP contribution in [-0.4, -0.2) is 29.4 Å². The number of unbranched alkanes of at least 4 members (excludes halogenated alkanes) is 13. The van der Waals surface area contributed by atoms with E-state index in [1.54, 1.807) is 0 Å². The summed E-state index contributed by atoms with van der Waals surface area (Å²) in [6.07, 6.45) is 21.7. The van der Waals surface area contributed by atoms with E-state index in [2.05, 4.69) is 6.92 Å². The van der Waals surface area contributed by atoms with Crippen molar-refractivity contribution in [1.29, 1.82) is 0 Å². The molecule has 4 nitrogen and oxygen atoms in total.